The fraction of sp³-hybridized carbons (Fsp3) is 0.650. The van der Waals surface area contributed by atoms with Gasteiger partial charge in [-0.3, -0.25) is 14.4 Å². The van der Waals surface area contributed by atoms with Crippen LogP contribution in [0.25, 0.3) is 0 Å². The Bertz CT molecular complexity index is 1370. The van der Waals surface area contributed by atoms with Crippen molar-refractivity contribution in [2.75, 3.05) is 13.2 Å². The van der Waals surface area contributed by atoms with Crippen LogP contribution in [0, 0.1) is 0 Å². The molecule has 0 aliphatic rings. The number of allylic oxidation sites excluding steroid dienone is 18. The van der Waals surface area contributed by atoms with Gasteiger partial charge in [0.2, 0.25) is 0 Å². The second-order valence-electron chi connectivity index (χ2n) is 17.4. The highest BCUT2D eigenvalue weighted by atomic mass is 16.6. The number of ether oxygens (including phenoxy) is 3. The summed E-state index contributed by atoms with van der Waals surface area (Å²) in [5, 5.41) is 0. The Hall–Kier alpha value is -3.93. The number of carbonyl (C=O) groups is 3. The standard InChI is InChI=1S/C60H98O6/c1-4-7-10-13-16-19-22-25-28-29-30-31-33-35-38-41-44-47-50-53-59(62)65-56-57(55-64-58(61)52-49-46-43-40-37-34-27-24-21-18-15-12-9-6-3)66-60(63)54-51-48-45-42-39-36-32-26-23-20-17-14-11-8-5-2/h7,10,16-17,19-20,24-28,30-32,35,38-39,42,57H,4-6,8-9,11-15,18,21-23,29,33-34,36-37,40-41,43-56H2,1-3H3/b10-7-,19-16-,20-17-,27-24-,28-25-,31-30-,32-26-,38-35-,42-39-/t57-/m1/s1. The van der Waals surface area contributed by atoms with Crippen molar-refractivity contribution in [1.82, 2.24) is 0 Å². The molecule has 0 aromatic carbocycles. The lowest BCUT2D eigenvalue weighted by molar-refractivity contribution is -0.167. The van der Waals surface area contributed by atoms with Crippen molar-refractivity contribution in [2.45, 2.75) is 239 Å². The normalized spacial score (nSPS) is 13.0. The van der Waals surface area contributed by atoms with Gasteiger partial charge in [-0.2, -0.15) is 0 Å². The Labute approximate surface area is 406 Å². The third-order valence-corrected chi connectivity index (χ3v) is 11.0. The Morgan fingerprint density at radius 1 is 0.318 bits per heavy atom. The van der Waals surface area contributed by atoms with E-state index in [-0.39, 0.29) is 37.5 Å². The fourth-order valence-corrected chi connectivity index (χ4v) is 6.94. The molecule has 0 N–H and O–H groups in total. The Balaban J connectivity index is 4.53. The van der Waals surface area contributed by atoms with Gasteiger partial charge in [0.15, 0.2) is 6.10 Å². The third kappa shape index (κ3) is 51.1. The van der Waals surface area contributed by atoms with E-state index in [0.29, 0.717) is 19.3 Å². The molecular weight excluding hydrogens is 817 g/mol. The van der Waals surface area contributed by atoms with Crippen LogP contribution in [0.2, 0.25) is 0 Å². The Morgan fingerprint density at radius 2 is 0.591 bits per heavy atom. The topological polar surface area (TPSA) is 78.9 Å². The van der Waals surface area contributed by atoms with E-state index in [1.165, 1.54) is 70.6 Å². The van der Waals surface area contributed by atoms with E-state index in [4.69, 9.17) is 14.2 Å². The smallest absolute Gasteiger partial charge is 0.306 e. The van der Waals surface area contributed by atoms with Crippen molar-refractivity contribution < 1.29 is 28.6 Å². The predicted molar refractivity (Wildman–Crippen MR) is 283 cm³/mol. The number of rotatable bonds is 47. The van der Waals surface area contributed by atoms with Gasteiger partial charge in [0, 0.05) is 19.3 Å². The molecule has 0 aromatic rings. The second kappa shape index (κ2) is 53.7. The van der Waals surface area contributed by atoms with E-state index in [1.807, 2.05) is 0 Å². The molecule has 0 radical (unpaired) electrons. The maximum Gasteiger partial charge on any atom is 0.306 e. The molecule has 0 saturated heterocycles. The molecule has 0 bridgehead atoms. The van der Waals surface area contributed by atoms with Gasteiger partial charge in [0.25, 0.3) is 0 Å². The molecule has 66 heavy (non-hydrogen) atoms. The van der Waals surface area contributed by atoms with Crippen molar-refractivity contribution in [3.63, 3.8) is 0 Å². The molecule has 0 aliphatic carbocycles. The van der Waals surface area contributed by atoms with E-state index in [1.54, 1.807) is 0 Å². The van der Waals surface area contributed by atoms with Crippen LogP contribution in [0.4, 0.5) is 0 Å². The molecule has 0 fully saturated rings. The van der Waals surface area contributed by atoms with Crippen molar-refractivity contribution in [3.05, 3.63) is 109 Å². The van der Waals surface area contributed by atoms with E-state index in [9.17, 15) is 14.4 Å². The first-order valence-electron chi connectivity index (χ1n) is 26.9. The number of esters is 3. The zero-order valence-corrected chi connectivity index (χ0v) is 42.7. The molecule has 374 valence electrons. The molecule has 1 atom stereocenters. The van der Waals surface area contributed by atoms with Crippen LogP contribution in [0.3, 0.4) is 0 Å². The summed E-state index contributed by atoms with van der Waals surface area (Å²) >= 11 is 0. The number of carbonyl (C=O) groups excluding carboxylic acids is 3. The van der Waals surface area contributed by atoms with Crippen molar-refractivity contribution >= 4 is 17.9 Å². The lowest BCUT2D eigenvalue weighted by Crippen LogP contribution is -2.30. The molecule has 0 rings (SSSR count). The highest BCUT2D eigenvalue weighted by molar-refractivity contribution is 5.71. The van der Waals surface area contributed by atoms with Gasteiger partial charge in [0.05, 0.1) is 0 Å². The van der Waals surface area contributed by atoms with E-state index >= 15 is 0 Å². The predicted octanol–water partition coefficient (Wildman–Crippen LogP) is 17.9. The Morgan fingerprint density at radius 3 is 1.02 bits per heavy atom. The summed E-state index contributed by atoms with van der Waals surface area (Å²) in [5.74, 6) is -0.994. The average molecular weight is 915 g/mol. The quantitative estimate of drug-likeness (QED) is 0.0262. The SMILES string of the molecule is CC/C=C\C/C=C\C/C=C\C/C=C\C/C=C\CCCCCC(=O)OC[C@@H](COC(=O)CCCCCCC/C=C\CCCCCCC)OC(=O)CCCC/C=C\C/C=C\C/C=C\CCCCC. The van der Waals surface area contributed by atoms with Crippen LogP contribution in [0.1, 0.15) is 233 Å². The summed E-state index contributed by atoms with van der Waals surface area (Å²) in [7, 11) is 0. The number of hydrogen-bond acceptors (Lipinski definition) is 6. The van der Waals surface area contributed by atoms with Crippen molar-refractivity contribution in [1.29, 1.82) is 0 Å². The van der Waals surface area contributed by atoms with Gasteiger partial charge in [-0.25, -0.2) is 0 Å². The minimum absolute atomic E-state index is 0.110. The third-order valence-electron chi connectivity index (χ3n) is 11.0. The molecule has 0 aliphatic heterocycles. The van der Waals surface area contributed by atoms with E-state index < -0.39 is 6.10 Å². The zero-order chi connectivity index (χ0) is 47.9. The largest absolute Gasteiger partial charge is 0.462 e. The van der Waals surface area contributed by atoms with Crippen LogP contribution in [-0.4, -0.2) is 37.2 Å². The van der Waals surface area contributed by atoms with E-state index in [0.717, 1.165) is 116 Å². The first kappa shape index (κ1) is 62.1. The second-order valence-corrected chi connectivity index (χ2v) is 17.4. The van der Waals surface area contributed by atoms with Crippen LogP contribution in [-0.2, 0) is 28.6 Å². The Kier molecular flexibility index (Phi) is 50.5. The molecule has 0 amide bonds. The maximum absolute atomic E-state index is 12.8. The lowest BCUT2D eigenvalue weighted by atomic mass is 10.1. The monoisotopic (exact) mass is 915 g/mol. The lowest BCUT2D eigenvalue weighted by Gasteiger charge is -2.18. The molecule has 6 heteroatoms. The van der Waals surface area contributed by atoms with Crippen molar-refractivity contribution in [3.8, 4) is 0 Å². The minimum atomic E-state index is -0.817. The molecule has 0 spiro atoms. The van der Waals surface area contributed by atoms with Gasteiger partial charge in [-0.15, -0.1) is 0 Å². The highest BCUT2D eigenvalue weighted by Crippen LogP contribution is 2.12. The van der Waals surface area contributed by atoms with E-state index in [2.05, 4.69) is 130 Å². The molecule has 6 nitrogen and oxygen atoms in total. The first-order chi connectivity index (χ1) is 32.5. The number of unbranched alkanes of at least 4 members (excludes halogenated alkanes) is 18. The molecule has 0 saturated carbocycles. The van der Waals surface area contributed by atoms with Crippen LogP contribution >= 0.6 is 0 Å². The fourth-order valence-electron chi connectivity index (χ4n) is 6.94. The summed E-state index contributed by atoms with van der Waals surface area (Å²) in [5.41, 5.74) is 0. The average Bonchev–Trinajstić information content (AvgIpc) is 3.31. The van der Waals surface area contributed by atoms with Crippen LogP contribution < -0.4 is 0 Å². The van der Waals surface area contributed by atoms with Gasteiger partial charge in [0.1, 0.15) is 13.2 Å². The molecule has 0 aromatic heterocycles. The summed E-state index contributed by atoms with van der Waals surface area (Å²) < 4.78 is 16.8. The first-order valence-corrected chi connectivity index (χ1v) is 26.9. The van der Waals surface area contributed by atoms with Gasteiger partial charge < -0.3 is 14.2 Å². The van der Waals surface area contributed by atoms with Gasteiger partial charge in [-0.05, 0) is 128 Å². The minimum Gasteiger partial charge on any atom is -0.462 e. The number of hydrogen-bond donors (Lipinski definition) is 0. The summed E-state index contributed by atoms with van der Waals surface area (Å²) in [6.07, 6.45) is 72.1. The summed E-state index contributed by atoms with van der Waals surface area (Å²) in [6, 6.07) is 0. The molecular formula is C60H98O6. The summed E-state index contributed by atoms with van der Waals surface area (Å²) in [6.45, 7) is 6.41. The van der Waals surface area contributed by atoms with Gasteiger partial charge in [-0.1, -0.05) is 194 Å². The van der Waals surface area contributed by atoms with Crippen LogP contribution in [0.5, 0.6) is 0 Å². The molecule has 0 heterocycles. The van der Waals surface area contributed by atoms with Gasteiger partial charge >= 0.3 is 17.9 Å². The summed E-state index contributed by atoms with van der Waals surface area (Å²) in [4.78, 5) is 38.0. The molecule has 0 unspecified atom stereocenters. The highest BCUT2D eigenvalue weighted by Gasteiger charge is 2.19. The zero-order valence-electron chi connectivity index (χ0n) is 42.7. The maximum atomic E-state index is 12.8. The van der Waals surface area contributed by atoms with Crippen molar-refractivity contribution in [2.24, 2.45) is 0 Å². The van der Waals surface area contributed by atoms with Crippen LogP contribution in [0.15, 0.2) is 109 Å².